The average Bonchev–Trinajstić information content (AvgIpc) is 2.96. The van der Waals surface area contributed by atoms with Gasteiger partial charge in [0.2, 0.25) is 5.71 Å². The minimum absolute atomic E-state index is 0.229. The van der Waals surface area contributed by atoms with Crippen molar-refractivity contribution < 1.29 is 9.90 Å². The van der Waals surface area contributed by atoms with E-state index in [1.807, 2.05) is 25.1 Å². The molecule has 0 amide bonds. The van der Waals surface area contributed by atoms with Gasteiger partial charge in [-0.05, 0) is 31.2 Å². The predicted octanol–water partition coefficient (Wildman–Crippen LogP) is 4.40. The minimum Gasteiger partial charge on any atom is -0.437 e. The summed E-state index contributed by atoms with van der Waals surface area (Å²) in [5.74, 6) is 0. The molecule has 0 fully saturated rings. The molecule has 0 aliphatic rings. The van der Waals surface area contributed by atoms with Crippen LogP contribution in [0, 0.1) is 12.3 Å². The largest absolute Gasteiger partial charge is 0.437 e. The third-order valence-electron chi connectivity index (χ3n) is 3.03. The lowest BCUT2D eigenvalue weighted by Gasteiger charge is -1.99. The monoisotopic (exact) mass is 266 g/mol. The molecule has 1 aromatic carbocycles. The second-order valence-electron chi connectivity index (χ2n) is 4.36. The smallest absolute Gasteiger partial charge is 0.227 e. The molecular weight excluding hydrogens is 248 g/mol. The Morgan fingerprint density at radius 3 is 3.15 bits per heavy atom. The van der Waals surface area contributed by atoms with E-state index in [0.29, 0.717) is 23.4 Å². The Balaban J connectivity index is 2.23. The topological polar surface area (TPSA) is 49.9 Å². The zero-order valence-electron chi connectivity index (χ0n) is 14.8. The maximum Gasteiger partial charge on any atom is 0.227 e. The number of rotatable bonds is 3. The fourth-order valence-electron chi connectivity index (χ4n) is 2.13. The Labute approximate surface area is 122 Å². The van der Waals surface area contributed by atoms with Gasteiger partial charge >= 0.3 is 0 Å². The molecule has 0 saturated heterocycles. The maximum absolute atomic E-state index is 8.21. The van der Waals surface area contributed by atoms with Gasteiger partial charge in [0, 0.05) is 22.0 Å². The highest BCUT2D eigenvalue weighted by atomic mass is 16.3. The highest BCUT2D eigenvalue weighted by molar-refractivity contribution is 6.17. The van der Waals surface area contributed by atoms with E-state index in [1.54, 1.807) is 12.1 Å². The van der Waals surface area contributed by atoms with Gasteiger partial charge in [0.15, 0.2) is 0 Å². The summed E-state index contributed by atoms with van der Waals surface area (Å²) >= 11 is 0. The predicted molar refractivity (Wildman–Crippen MR) is 82.4 cm³/mol. The second-order valence-corrected chi connectivity index (χ2v) is 4.36. The number of pyridine rings is 1. The third kappa shape index (κ3) is 1.93. The maximum atomic E-state index is 8.21. The number of benzene rings is 1. The Bertz CT molecular complexity index is 1030. The number of hydrogen-bond acceptors (Lipinski definition) is 3. The van der Waals surface area contributed by atoms with Gasteiger partial charge in [0.1, 0.15) is 5.58 Å². The van der Waals surface area contributed by atoms with E-state index < -0.39 is 18.2 Å². The molecule has 0 spiro atoms. The van der Waals surface area contributed by atoms with Crippen molar-refractivity contribution >= 4 is 27.8 Å². The van der Waals surface area contributed by atoms with Gasteiger partial charge in [-0.1, -0.05) is 30.8 Å². The molecule has 1 N–H and O–H groups in total. The van der Waals surface area contributed by atoms with Gasteiger partial charge in [-0.3, -0.25) is 0 Å². The van der Waals surface area contributed by atoms with Gasteiger partial charge in [0.05, 0.1) is 11.2 Å². The van der Waals surface area contributed by atoms with Crippen LogP contribution in [0.3, 0.4) is 0 Å². The molecule has 3 heteroatoms. The van der Waals surface area contributed by atoms with Crippen LogP contribution in [-0.2, 0) is 0 Å². The van der Waals surface area contributed by atoms with Crippen LogP contribution in [0.25, 0.3) is 22.1 Å². The summed E-state index contributed by atoms with van der Waals surface area (Å²) in [7, 11) is 0. The summed E-state index contributed by atoms with van der Waals surface area (Å²) in [4.78, 5) is 4.34. The zero-order chi connectivity index (χ0) is 17.4. The van der Waals surface area contributed by atoms with Crippen molar-refractivity contribution in [1.82, 2.24) is 4.98 Å². The van der Waals surface area contributed by atoms with Crippen molar-refractivity contribution in [2.75, 3.05) is 0 Å². The van der Waals surface area contributed by atoms with Gasteiger partial charge in [0.25, 0.3) is 0 Å². The van der Waals surface area contributed by atoms with Crippen molar-refractivity contribution in [3.05, 3.63) is 66.3 Å². The molecule has 0 radical (unpaired) electrons. The van der Waals surface area contributed by atoms with Crippen LogP contribution in [0.5, 0.6) is 0 Å². The first-order valence-corrected chi connectivity index (χ1v) is 6.05. The van der Waals surface area contributed by atoms with E-state index in [9.17, 15) is 0 Å². The molecular formula is C17H14N2O. The molecule has 3 nitrogen and oxygen atoms in total. The molecule has 0 aliphatic carbocycles. The van der Waals surface area contributed by atoms with Gasteiger partial charge < -0.3 is 9.83 Å². The number of nitrogens with one attached hydrogen (secondary N) is 1. The molecule has 98 valence electrons. The average molecular weight is 266 g/mol. The van der Waals surface area contributed by atoms with Crippen LogP contribution in [0.1, 0.15) is 16.7 Å². The third-order valence-corrected chi connectivity index (χ3v) is 3.03. The van der Waals surface area contributed by atoms with E-state index in [2.05, 4.69) is 4.98 Å². The van der Waals surface area contributed by atoms with Crippen LogP contribution in [0.2, 0.25) is 0 Å². The lowest BCUT2D eigenvalue weighted by molar-refractivity contribution is 0.652. The van der Waals surface area contributed by atoms with Crippen molar-refractivity contribution in [1.29, 1.82) is 5.41 Å². The summed E-state index contributed by atoms with van der Waals surface area (Å²) in [5.41, 5.74) is 1.82. The van der Waals surface area contributed by atoms with Crippen LogP contribution in [0.15, 0.2) is 59.5 Å². The number of para-hydroxylation sites is 1. The van der Waals surface area contributed by atoms with Gasteiger partial charge in [-0.25, -0.2) is 4.98 Å². The number of aryl methyl sites for hydroxylation is 1. The molecule has 2 heterocycles. The first kappa shape index (κ1) is 8.48. The van der Waals surface area contributed by atoms with Crippen LogP contribution < -0.4 is 0 Å². The van der Waals surface area contributed by atoms with E-state index in [1.165, 1.54) is 0 Å². The standard InChI is InChI=1S/C17H14N2O/c1-3-4-8-15(18)14-7-5-6-12-13-10-9-11(2)19-17(13)20-16(12)14/h3-10,18H,1H2,2H3/b8-4-,18-15?/i1D,3D,4D,8D/b3-1?,8-4-,18-15?. The highest BCUT2D eigenvalue weighted by Gasteiger charge is 2.13. The van der Waals surface area contributed by atoms with E-state index in [4.69, 9.17) is 15.3 Å². The number of hydrogen-bond donors (Lipinski definition) is 1. The fraction of sp³-hybridized carbons (Fsp3) is 0.0588. The molecule has 3 aromatic rings. The minimum atomic E-state index is -0.475. The first-order chi connectivity index (χ1) is 11.4. The molecule has 3 rings (SSSR count). The molecule has 0 bridgehead atoms. The van der Waals surface area contributed by atoms with Crippen molar-refractivity contribution in [3.63, 3.8) is 0 Å². The zero-order valence-corrected chi connectivity index (χ0v) is 10.8. The van der Waals surface area contributed by atoms with Crippen molar-refractivity contribution in [3.8, 4) is 0 Å². The lowest BCUT2D eigenvalue weighted by atomic mass is 10.1. The molecule has 20 heavy (non-hydrogen) atoms. The number of furan rings is 1. The molecule has 2 aromatic heterocycles. The van der Waals surface area contributed by atoms with Gasteiger partial charge in [-0.2, -0.15) is 0 Å². The van der Waals surface area contributed by atoms with Crippen LogP contribution in [-0.4, -0.2) is 10.7 Å². The van der Waals surface area contributed by atoms with E-state index in [0.717, 1.165) is 16.5 Å². The second kappa shape index (κ2) is 4.78. The van der Waals surface area contributed by atoms with E-state index in [-0.39, 0.29) is 5.71 Å². The summed E-state index contributed by atoms with van der Waals surface area (Å²) < 4.78 is 36.0. The normalized spacial score (nSPS) is 16.4. The number of fused-ring (bicyclic) bond motifs is 3. The number of allylic oxidation sites excluding steroid dienone is 3. The number of aromatic nitrogens is 1. The van der Waals surface area contributed by atoms with Crippen molar-refractivity contribution in [2.24, 2.45) is 0 Å². The molecule has 0 unspecified atom stereocenters. The molecule has 0 atom stereocenters. The summed E-state index contributed by atoms with van der Waals surface area (Å²) in [5, 5.41) is 9.81. The lowest BCUT2D eigenvalue weighted by Crippen LogP contribution is -1.94. The SMILES string of the molecule is [2H]C=C([2H])/C([2H])=C(/[2H])C(=N)c1cccc2c1oc1nc(C)ccc12. The summed E-state index contributed by atoms with van der Waals surface area (Å²) in [6.07, 6.45) is 0. The van der Waals surface area contributed by atoms with Crippen LogP contribution in [0.4, 0.5) is 0 Å². The Morgan fingerprint density at radius 2 is 2.30 bits per heavy atom. The first-order valence-electron chi connectivity index (χ1n) is 8.13. The van der Waals surface area contributed by atoms with Crippen LogP contribution >= 0.6 is 0 Å². The molecule has 0 saturated carbocycles. The Morgan fingerprint density at radius 1 is 1.40 bits per heavy atom. The fourth-order valence-corrected chi connectivity index (χ4v) is 2.13. The van der Waals surface area contributed by atoms with E-state index >= 15 is 0 Å². The highest BCUT2D eigenvalue weighted by Crippen LogP contribution is 2.30. The Kier molecular flexibility index (Phi) is 2.03. The number of nitrogens with zero attached hydrogens (tertiary/aromatic N) is 1. The van der Waals surface area contributed by atoms with Crippen molar-refractivity contribution in [2.45, 2.75) is 6.92 Å². The van der Waals surface area contributed by atoms with Gasteiger partial charge in [-0.15, -0.1) is 0 Å². The molecule has 0 aliphatic heterocycles. The quantitative estimate of drug-likeness (QED) is 0.564. The Hall–Kier alpha value is -2.68. The summed E-state index contributed by atoms with van der Waals surface area (Å²) in [6.45, 7) is 2.54. The summed E-state index contributed by atoms with van der Waals surface area (Å²) in [6, 6.07) is 7.68.